The van der Waals surface area contributed by atoms with Crippen molar-refractivity contribution in [3.63, 3.8) is 0 Å². The van der Waals surface area contributed by atoms with Crippen molar-refractivity contribution in [1.82, 2.24) is 21.3 Å². The van der Waals surface area contributed by atoms with E-state index in [2.05, 4.69) is 21.3 Å². The lowest BCUT2D eigenvalue weighted by Gasteiger charge is -2.55. The third-order valence-corrected chi connectivity index (χ3v) is 7.39. The van der Waals surface area contributed by atoms with Crippen molar-refractivity contribution in [2.45, 2.75) is 57.4 Å². The minimum absolute atomic E-state index is 0.0786. The number of ether oxygens (including phenoxy) is 1. The second-order valence-corrected chi connectivity index (χ2v) is 9.69. The number of urea groups is 1. The van der Waals surface area contributed by atoms with Gasteiger partial charge in [0.05, 0.1) is 29.5 Å². The lowest BCUT2D eigenvalue weighted by molar-refractivity contribution is -0.153. The number of piperidine rings is 1. The Morgan fingerprint density at radius 3 is 2.43 bits per heavy atom. The zero-order valence-corrected chi connectivity index (χ0v) is 19.4. The minimum Gasteiger partial charge on any atom is -0.372 e. The number of imide groups is 2. The molecule has 0 aliphatic carbocycles. The molecule has 3 fully saturated rings. The summed E-state index contributed by atoms with van der Waals surface area (Å²) in [5.74, 6) is -4.95. The fourth-order valence-corrected chi connectivity index (χ4v) is 5.93. The molecule has 5 amide bonds. The summed E-state index contributed by atoms with van der Waals surface area (Å²) in [4.78, 5) is 52.6. The van der Waals surface area contributed by atoms with E-state index in [1.54, 1.807) is 13.8 Å². The summed E-state index contributed by atoms with van der Waals surface area (Å²) in [6.45, 7) is 4.87. The normalized spacial score (nSPS) is 28.2. The zero-order valence-electron chi connectivity index (χ0n) is 19.4. The van der Waals surface area contributed by atoms with Gasteiger partial charge in [0.2, 0.25) is 11.8 Å². The van der Waals surface area contributed by atoms with Crippen molar-refractivity contribution in [3.05, 3.63) is 28.8 Å². The van der Waals surface area contributed by atoms with Crippen molar-refractivity contribution < 1.29 is 32.7 Å². The Kier molecular flexibility index (Phi) is 5.75. The van der Waals surface area contributed by atoms with Gasteiger partial charge in [-0.25, -0.2) is 13.6 Å². The molecule has 0 unspecified atom stereocenters. The molecule has 1 spiro atoms. The van der Waals surface area contributed by atoms with Gasteiger partial charge in [0.25, 0.3) is 5.91 Å². The van der Waals surface area contributed by atoms with Crippen LogP contribution in [0.25, 0.3) is 0 Å². The first-order chi connectivity index (χ1) is 16.6. The average Bonchev–Trinajstić information content (AvgIpc) is 2.79. The van der Waals surface area contributed by atoms with E-state index in [0.717, 1.165) is 0 Å². The van der Waals surface area contributed by atoms with Crippen molar-refractivity contribution in [2.75, 3.05) is 24.5 Å². The lowest BCUT2D eigenvalue weighted by Crippen LogP contribution is -2.75. The Hall–Kier alpha value is -3.12. The molecule has 4 N–H and O–H groups in total. The van der Waals surface area contributed by atoms with E-state index in [4.69, 9.17) is 4.74 Å². The Morgan fingerprint density at radius 1 is 1.11 bits per heavy atom. The van der Waals surface area contributed by atoms with Crippen LogP contribution in [0.3, 0.4) is 0 Å². The Bertz CT molecular complexity index is 1100. The van der Waals surface area contributed by atoms with Gasteiger partial charge in [-0.3, -0.25) is 25.0 Å². The number of nitrogens with one attached hydrogen (secondary N) is 4. The molecular weight excluding hydrogens is 464 g/mol. The van der Waals surface area contributed by atoms with E-state index >= 15 is 8.78 Å². The first kappa shape index (κ1) is 23.6. The van der Waals surface area contributed by atoms with Gasteiger partial charge in [0, 0.05) is 19.0 Å². The van der Waals surface area contributed by atoms with Gasteiger partial charge in [0.15, 0.2) is 17.0 Å². The highest BCUT2D eigenvalue weighted by molar-refractivity contribution is 6.20. The van der Waals surface area contributed by atoms with Gasteiger partial charge < -0.3 is 20.3 Å². The molecule has 3 atom stereocenters. The number of anilines is 1. The number of hydrogen-bond acceptors (Lipinski definition) is 7. The van der Waals surface area contributed by atoms with Crippen LogP contribution in [-0.2, 0) is 20.7 Å². The molecule has 0 saturated carbocycles. The van der Waals surface area contributed by atoms with Gasteiger partial charge in [-0.1, -0.05) is 0 Å². The highest BCUT2D eigenvalue weighted by Gasteiger charge is 2.63. The number of carbonyl (C=O) groups is 4. The maximum Gasteiger partial charge on any atom is 0.328 e. The van der Waals surface area contributed by atoms with E-state index in [1.807, 2.05) is 0 Å². The molecule has 3 saturated heterocycles. The summed E-state index contributed by atoms with van der Waals surface area (Å²) in [5, 5.41) is 10.2. The summed E-state index contributed by atoms with van der Waals surface area (Å²) in [6.07, 6.45) is -0.151. The molecule has 12 heteroatoms. The molecule has 0 radical (unpaired) electrons. The standard InChI is InChI=1S/C23H27F2N5O5/c1-10-9-30-17-12(7-14(15(24)16(17)25)19(31)27-13-3-5-26-6-4-13)8-23(18(30)11(2)35-10)20(32)28-22(34)29-21(23)33/h7,10-11,13,18,26H,3-6,8-9H2,1-2H3,(H,27,31)(H2,28,29,32,33,34)/t10-,11+,18-/m1/s1. The highest BCUT2D eigenvalue weighted by Crippen LogP contribution is 2.48. The van der Waals surface area contributed by atoms with Gasteiger partial charge >= 0.3 is 6.03 Å². The Labute approximate surface area is 200 Å². The van der Waals surface area contributed by atoms with Gasteiger partial charge in [-0.2, -0.15) is 0 Å². The predicted molar refractivity (Wildman–Crippen MR) is 119 cm³/mol. The van der Waals surface area contributed by atoms with Crippen molar-refractivity contribution >= 4 is 29.4 Å². The fourth-order valence-electron chi connectivity index (χ4n) is 5.93. The van der Waals surface area contributed by atoms with Crippen LogP contribution < -0.4 is 26.2 Å². The van der Waals surface area contributed by atoms with E-state index < -0.39 is 64.6 Å². The molecule has 35 heavy (non-hydrogen) atoms. The van der Waals surface area contributed by atoms with Crippen LogP contribution in [-0.4, -0.2) is 67.7 Å². The van der Waals surface area contributed by atoms with Crippen LogP contribution in [0.2, 0.25) is 0 Å². The predicted octanol–water partition coefficient (Wildman–Crippen LogP) is 0.337. The maximum atomic E-state index is 15.6. The van der Waals surface area contributed by atoms with Gasteiger partial charge in [-0.15, -0.1) is 0 Å². The number of nitrogens with zero attached hydrogens (tertiary/aromatic N) is 1. The van der Waals surface area contributed by atoms with Crippen molar-refractivity contribution in [1.29, 1.82) is 0 Å². The molecule has 0 aromatic heterocycles. The van der Waals surface area contributed by atoms with E-state index in [1.165, 1.54) is 11.0 Å². The third kappa shape index (κ3) is 3.66. The van der Waals surface area contributed by atoms with Crippen LogP contribution in [0.5, 0.6) is 0 Å². The zero-order chi connectivity index (χ0) is 25.1. The highest BCUT2D eigenvalue weighted by atomic mass is 19.2. The number of fused-ring (bicyclic) bond motifs is 4. The first-order valence-corrected chi connectivity index (χ1v) is 11.7. The largest absolute Gasteiger partial charge is 0.372 e. The average molecular weight is 491 g/mol. The summed E-state index contributed by atoms with van der Waals surface area (Å²) >= 11 is 0. The van der Waals surface area contributed by atoms with Crippen molar-refractivity contribution in [3.8, 4) is 0 Å². The van der Waals surface area contributed by atoms with Crippen LogP contribution >= 0.6 is 0 Å². The van der Waals surface area contributed by atoms with E-state index in [9.17, 15) is 19.2 Å². The van der Waals surface area contributed by atoms with Crippen molar-refractivity contribution in [2.24, 2.45) is 5.41 Å². The third-order valence-electron chi connectivity index (χ3n) is 7.39. The Balaban J connectivity index is 1.61. The second-order valence-electron chi connectivity index (χ2n) is 9.69. The number of barbiturate groups is 1. The monoisotopic (exact) mass is 491 g/mol. The SMILES string of the molecule is C[C@@H]1CN2c3c(cc(C(=O)NC4CCNCC4)c(F)c3F)CC3(C(=O)NC(=O)NC3=O)[C@H]2[C@H](C)O1. The molecule has 4 aliphatic heterocycles. The summed E-state index contributed by atoms with van der Waals surface area (Å²) < 4.78 is 36.8. The van der Waals surface area contributed by atoms with Crippen LogP contribution in [0.15, 0.2) is 6.07 Å². The molecule has 188 valence electrons. The smallest absolute Gasteiger partial charge is 0.328 e. The van der Waals surface area contributed by atoms with E-state index in [0.29, 0.717) is 25.9 Å². The summed E-state index contributed by atoms with van der Waals surface area (Å²) in [6, 6.07) is -0.917. The number of benzene rings is 1. The summed E-state index contributed by atoms with van der Waals surface area (Å²) in [7, 11) is 0. The number of carbonyl (C=O) groups excluding carboxylic acids is 4. The van der Waals surface area contributed by atoms with E-state index in [-0.39, 0.29) is 30.3 Å². The molecule has 5 rings (SSSR count). The molecule has 4 aliphatic rings. The molecule has 10 nitrogen and oxygen atoms in total. The second kappa shape index (κ2) is 8.52. The quantitative estimate of drug-likeness (QED) is 0.439. The molecule has 1 aromatic carbocycles. The topological polar surface area (TPSA) is 129 Å². The molecule has 4 heterocycles. The summed E-state index contributed by atoms with van der Waals surface area (Å²) in [5.41, 5.74) is -2.30. The van der Waals surface area contributed by atoms with Crippen LogP contribution in [0.1, 0.15) is 42.6 Å². The Morgan fingerprint density at radius 2 is 1.77 bits per heavy atom. The number of rotatable bonds is 2. The molecule has 1 aromatic rings. The lowest BCUT2D eigenvalue weighted by atomic mass is 9.66. The maximum absolute atomic E-state index is 15.6. The van der Waals surface area contributed by atoms with Crippen LogP contribution in [0, 0.1) is 17.0 Å². The fraction of sp³-hybridized carbons (Fsp3) is 0.565. The minimum atomic E-state index is -1.84. The first-order valence-electron chi connectivity index (χ1n) is 11.7. The number of amides is 5. The number of morpholine rings is 1. The molecule has 0 bridgehead atoms. The number of hydrogen-bond donors (Lipinski definition) is 4. The molecular formula is C23H27F2N5O5. The van der Waals surface area contributed by atoms with Crippen LogP contribution in [0.4, 0.5) is 19.3 Å². The van der Waals surface area contributed by atoms with Gasteiger partial charge in [-0.05, 0) is 51.4 Å². The number of halogens is 2. The van der Waals surface area contributed by atoms with Gasteiger partial charge in [0.1, 0.15) is 0 Å².